The quantitative estimate of drug-likeness (QED) is 0.394. The number of rotatable bonds is 4. The summed E-state index contributed by atoms with van der Waals surface area (Å²) in [5.41, 5.74) is 6.58. The predicted octanol–water partition coefficient (Wildman–Crippen LogP) is 4.99. The van der Waals surface area contributed by atoms with Crippen LogP contribution in [0.15, 0.2) is 77.6 Å². The number of aryl methyl sites for hydroxylation is 2. The number of pyridine rings is 1. The van der Waals surface area contributed by atoms with E-state index in [0.717, 1.165) is 27.9 Å². The van der Waals surface area contributed by atoms with E-state index in [1.165, 1.54) is 12.5 Å². The lowest BCUT2D eigenvalue weighted by atomic mass is 10.0. The molecule has 2 amide bonds. The number of hydrogen-bond acceptors (Lipinski definition) is 5. The highest BCUT2D eigenvalue weighted by molar-refractivity contribution is 6.13. The molecule has 0 saturated carbocycles. The van der Waals surface area contributed by atoms with E-state index in [1.54, 1.807) is 15.6 Å². The molecule has 1 aliphatic heterocycles. The molecule has 1 aliphatic rings. The Morgan fingerprint density at radius 2 is 1.89 bits per heavy atom. The molecule has 0 radical (unpaired) electrons. The van der Waals surface area contributed by atoms with Crippen molar-refractivity contribution in [1.82, 2.24) is 14.8 Å². The Labute approximate surface area is 207 Å². The molecule has 6 rings (SSSR count). The normalized spacial score (nSPS) is 12.7. The number of anilines is 2. The maximum atomic E-state index is 13.6. The van der Waals surface area contributed by atoms with E-state index in [9.17, 15) is 9.59 Å². The van der Waals surface area contributed by atoms with Crippen LogP contribution in [0, 0.1) is 6.92 Å². The first kappa shape index (κ1) is 21.8. The number of nitrogens with one attached hydrogen (secondary N) is 1. The van der Waals surface area contributed by atoms with Crippen LogP contribution in [-0.2, 0) is 13.5 Å². The zero-order valence-corrected chi connectivity index (χ0v) is 19.9. The Kier molecular flexibility index (Phi) is 5.14. The molecule has 0 fully saturated rings. The van der Waals surface area contributed by atoms with Crippen molar-refractivity contribution in [3.8, 4) is 11.3 Å². The standard InChI is InChI=1S/C28H23N5O3/c1-17-25-22(15-23(18-6-4-3-5-7-18)30-26(25)32(2)31-17)27(34)29-21-8-9-24-19(14-21)10-12-33(24)28(35)20-11-13-36-16-20/h3-9,11,13-16H,10,12H2,1-2H3,(H,29,34). The molecular formula is C28H23N5O3. The number of carbonyl (C=O) groups is 2. The van der Waals surface area contributed by atoms with Crippen molar-refractivity contribution >= 4 is 34.2 Å². The average molecular weight is 478 g/mol. The van der Waals surface area contributed by atoms with Gasteiger partial charge in [0.1, 0.15) is 6.26 Å². The van der Waals surface area contributed by atoms with Gasteiger partial charge in [-0.1, -0.05) is 30.3 Å². The first-order valence-corrected chi connectivity index (χ1v) is 11.7. The van der Waals surface area contributed by atoms with Gasteiger partial charge in [-0.05, 0) is 49.2 Å². The molecule has 0 unspecified atom stereocenters. The Hall–Kier alpha value is -4.72. The van der Waals surface area contributed by atoms with Crippen molar-refractivity contribution < 1.29 is 14.0 Å². The van der Waals surface area contributed by atoms with Gasteiger partial charge < -0.3 is 14.6 Å². The molecular weight excluding hydrogens is 454 g/mol. The Bertz CT molecular complexity index is 1620. The Balaban J connectivity index is 1.33. The van der Waals surface area contributed by atoms with Crippen molar-refractivity contribution in [2.45, 2.75) is 13.3 Å². The number of nitrogens with zero attached hydrogens (tertiary/aromatic N) is 4. The first-order valence-electron chi connectivity index (χ1n) is 11.7. The third-order valence-corrected chi connectivity index (χ3v) is 6.53. The molecule has 2 aromatic carbocycles. The first-order chi connectivity index (χ1) is 17.5. The molecule has 0 spiro atoms. The minimum Gasteiger partial charge on any atom is -0.472 e. The van der Waals surface area contributed by atoms with Crippen molar-refractivity contribution in [1.29, 1.82) is 0 Å². The number of furan rings is 1. The van der Waals surface area contributed by atoms with Gasteiger partial charge in [-0.25, -0.2) is 4.98 Å². The molecule has 36 heavy (non-hydrogen) atoms. The Morgan fingerprint density at radius 3 is 2.67 bits per heavy atom. The third-order valence-electron chi connectivity index (χ3n) is 6.53. The summed E-state index contributed by atoms with van der Waals surface area (Å²) in [6.07, 6.45) is 3.66. The highest BCUT2D eigenvalue weighted by atomic mass is 16.3. The highest BCUT2D eigenvalue weighted by Gasteiger charge is 2.27. The predicted molar refractivity (Wildman–Crippen MR) is 137 cm³/mol. The van der Waals surface area contributed by atoms with Crippen molar-refractivity contribution in [3.63, 3.8) is 0 Å². The lowest BCUT2D eigenvalue weighted by Crippen LogP contribution is -2.28. The molecule has 1 N–H and O–H groups in total. The second kappa shape index (κ2) is 8.49. The van der Waals surface area contributed by atoms with Gasteiger partial charge in [0.15, 0.2) is 5.65 Å². The van der Waals surface area contributed by atoms with Crippen LogP contribution < -0.4 is 10.2 Å². The topological polar surface area (TPSA) is 93.3 Å². The van der Waals surface area contributed by atoms with E-state index in [-0.39, 0.29) is 11.8 Å². The van der Waals surface area contributed by atoms with Crippen LogP contribution in [0.5, 0.6) is 0 Å². The molecule has 0 atom stereocenters. The second-order valence-corrected chi connectivity index (χ2v) is 8.85. The van der Waals surface area contributed by atoms with Crippen LogP contribution in [0.2, 0.25) is 0 Å². The van der Waals surface area contributed by atoms with Gasteiger partial charge in [-0.2, -0.15) is 5.10 Å². The average Bonchev–Trinajstić information content (AvgIpc) is 3.63. The SMILES string of the molecule is Cc1nn(C)c2nc(-c3ccccc3)cc(C(=O)Nc3ccc4c(c3)CCN4C(=O)c3ccoc3)c12. The van der Waals surface area contributed by atoms with Crippen LogP contribution >= 0.6 is 0 Å². The summed E-state index contributed by atoms with van der Waals surface area (Å²) >= 11 is 0. The summed E-state index contributed by atoms with van der Waals surface area (Å²) in [4.78, 5) is 32.9. The summed E-state index contributed by atoms with van der Waals surface area (Å²) in [7, 11) is 1.83. The zero-order valence-electron chi connectivity index (χ0n) is 19.9. The van der Waals surface area contributed by atoms with E-state index in [0.29, 0.717) is 41.1 Å². The van der Waals surface area contributed by atoms with E-state index < -0.39 is 0 Å². The third kappa shape index (κ3) is 3.63. The smallest absolute Gasteiger partial charge is 0.261 e. The van der Waals surface area contributed by atoms with E-state index in [4.69, 9.17) is 9.40 Å². The summed E-state index contributed by atoms with van der Waals surface area (Å²) in [5.74, 6) is -0.334. The van der Waals surface area contributed by atoms with Crippen molar-refractivity contribution in [2.24, 2.45) is 7.05 Å². The lowest BCUT2D eigenvalue weighted by molar-refractivity contribution is 0.0987. The molecule has 5 aromatic rings. The van der Waals surface area contributed by atoms with Gasteiger partial charge in [-0.3, -0.25) is 14.3 Å². The van der Waals surface area contributed by atoms with Gasteiger partial charge in [-0.15, -0.1) is 0 Å². The van der Waals surface area contributed by atoms with E-state index in [2.05, 4.69) is 10.4 Å². The van der Waals surface area contributed by atoms with Crippen molar-refractivity contribution in [3.05, 3.63) is 95.6 Å². The zero-order chi connectivity index (χ0) is 24.8. The highest BCUT2D eigenvalue weighted by Crippen LogP contribution is 2.33. The van der Waals surface area contributed by atoms with Crippen molar-refractivity contribution in [2.75, 3.05) is 16.8 Å². The largest absolute Gasteiger partial charge is 0.472 e. The van der Waals surface area contributed by atoms with E-state index in [1.807, 2.05) is 68.6 Å². The van der Waals surface area contributed by atoms with Gasteiger partial charge in [0.25, 0.3) is 11.8 Å². The molecule has 178 valence electrons. The second-order valence-electron chi connectivity index (χ2n) is 8.85. The monoisotopic (exact) mass is 477 g/mol. The Morgan fingerprint density at radius 1 is 1.06 bits per heavy atom. The van der Waals surface area contributed by atoms with Crippen LogP contribution in [0.3, 0.4) is 0 Å². The number of fused-ring (bicyclic) bond motifs is 2. The van der Waals surface area contributed by atoms with Crippen LogP contribution in [0.25, 0.3) is 22.3 Å². The fourth-order valence-electron chi connectivity index (χ4n) is 4.81. The van der Waals surface area contributed by atoms with Gasteiger partial charge in [0, 0.05) is 30.5 Å². The molecule has 3 aromatic heterocycles. The minimum absolute atomic E-state index is 0.0982. The summed E-state index contributed by atoms with van der Waals surface area (Å²) in [6, 6.07) is 18.9. The molecule has 0 bridgehead atoms. The number of amides is 2. The molecule has 8 heteroatoms. The number of benzene rings is 2. The number of carbonyl (C=O) groups excluding carboxylic acids is 2. The number of aromatic nitrogens is 3. The number of hydrogen-bond donors (Lipinski definition) is 1. The summed E-state index contributed by atoms with van der Waals surface area (Å²) < 4.78 is 6.76. The maximum Gasteiger partial charge on any atom is 0.261 e. The van der Waals surface area contributed by atoms with Gasteiger partial charge >= 0.3 is 0 Å². The van der Waals surface area contributed by atoms with Crippen LogP contribution in [-0.4, -0.2) is 33.1 Å². The minimum atomic E-state index is -0.236. The molecule has 0 aliphatic carbocycles. The summed E-state index contributed by atoms with van der Waals surface area (Å²) in [6.45, 7) is 2.46. The lowest BCUT2D eigenvalue weighted by Gasteiger charge is -2.17. The van der Waals surface area contributed by atoms with E-state index >= 15 is 0 Å². The van der Waals surface area contributed by atoms with Gasteiger partial charge in [0.2, 0.25) is 0 Å². The molecule has 0 saturated heterocycles. The van der Waals surface area contributed by atoms with Gasteiger partial charge in [0.05, 0.1) is 34.2 Å². The summed E-state index contributed by atoms with van der Waals surface area (Å²) in [5, 5.41) is 8.27. The fraction of sp³-hybridized carbons (Fsp3) is 0.143. The van der Waals surface area contributed by atoms with Crippen LogP contribution in [0.4, 0.5) is 11.4 Å². The fourth-order valence-corrected chi connectivity index (χ4v) is 4.81. The van der Waals surface area contributed by atoms with Crippen LogP contribution in [0.1, 0.15) is 32.0 Å². The molecule has 4 heterocycles. The molecule has 8 nitrogen and oxygen atoms in total. The maximum absolute atomic E-state index is 13.6.